The molecule has 2 aliphatic rings. The van der Waals surface area contributed by atoms with Crippen LogP contribution in [0.4, 0.5) is 0 Å². The first-order valence-electron chi connectivity index (χ1n) is 5.62. The SMILES string of the molecule is CC(C)C1CNC(C2CC2)CCO1. The van der Waals surface area contributed by atoms with E-state index in [1.54, 1.807) is 0 Å². The molecule has 0 spiro atoms. The van der Waals surface area contributed by atoms with Crippen molar-refractivity contribution in [3.8, 4) is 0 Å². The highest BCUT2D eigenvalue weighted by atomic mass is 16.5. The summed E-state index contributed by atoms with van der Waals surface area (Å²) < 4.78 is 5.81. The lowest BCUT2D eigenvalue weighted by Gasteiger charge is -2.19. The first kappa shape index (κ1) is 9.47. The highest BCUT2D eigenvalue weighted by Gasteiger charge is 2.32. The Morgan fingerprint density at radius 1 is 1.23 bits per heavy atom. The molecule has 2 unspecified atom stereocenters. The minimum Gasteiger partial charge on any atom is -0.377 e. The molecule has 1 saturated heterocycles. The van der Waals surface area contributed by atoms with Crippen molar-refractivity contribution in [1.29, 1.82) is 0 Å². The molecular formula is C11H21NO. The fourth-order valence-electron chi connectivity index (χ4n) is 2.10. The molecule has 1 aliphatic carbocycles. The van der Waals surface area contributed by atoms with Crippen LogP contribution in [0.5, 0.6) is 0 Å². The van der Waals surface area contributed by atoms with Gasteiger partial charge in [-0.1, -0.05) is 13.8 Å². The molecule has 13 heavy (non-hydrogen) atoms. The molecule has 2 atom stereocenters. The monoisotopic (exact) mass is 183 g/mol. The van der Waals surface area contributed by atoms with Crippen LogP contribution >= 0.6 is 0 Å². The van der Waals surface area contributed by atoms with Crippen molar-refractivity contribution in [2.75, 3.05) is 13.2 Å². The van der Waals surface area contributed by atoms with Crippen molar-refractivity contribution in [2.24, 2.45) is 11.8 Å². The van der Waals surface area contributed by atoms with E-state index in [0.29, 0.717) is 12.0 Å². The molecule has 0 amide bonds. The van der Waals surface area contributed by atoms with E-state index in [0.717, 1.165) is 25.1 Å². The summed E-state index contributed by atoms with van der Waals surface area (Å²) in [5, 5.41) is 3.65. The summed E-state index contributed by atoms with van der Waals surface area (Å²) in [5.74, 6) is 1.61. The van der Waals surface area contributed by atoms with Gasteiger partial charge in [0.2, 0.25) is 0 Å². The van der Waals surface area contributed by atoms with Gasteiger partial charge >= 0.3 is 0 Å². The van der Waals surface area contributed by atoms with Gasteiger partial charge in [0.25, 0.3) is 0 Å². The number of hydrogen-bond acceptors (Lipinski definition) is 2. The lowest BCUT2D eigenvalue weighted by molar-refractivity contribution is 0.0353. The summed E-state index contributed by atoms with van der Waals surface area (Å²) in [6.45, 7) is 6.49. The molecule has 0 radical (unpaired) electrons. The van der Waals surface area contributed by atoms with Crippen LogP contribution in [0.25, 0.3) is 0 Å². The van der Waals surface area contributed by atoms with Gasteiger partial charge in [0.05, 0.1) is 6.10 Å². The number of rotatable bonds is 2. The molecule has 0 aromatic carbocycles. The minimum atomic E-state index is 0.434. The van der Waals surface area contributed by atoms with Crippen molar-refractivity contribution in [2.45, 2.75) is 45.3 Å². The number of nitrogens with one attached hydrogen (secondary N) is 1. The Morgan fingerprint density at radius 2 is 2.00 bits per heavy atom. The number of ether oxygens (including phenoxy) is 1. The molecule has 0 bridgehead atoms. The van der Waals surface area contributed by atoms with E-state index in [1.807, 2.05) is 0 Å². The Hall–Kier alpha value is -0.0800. The fraction of sp³-hybridized carbons (Fsp3) is 1.00. The summed E-state index contributed by atoms with van der Waals surface area (Å²) >= 11 is 0. The molecular weight excluding hydrogens is 162 g/mol. The first-order valence-corrected chi connectivity index (χ1v) is 5.62. The van der Waals surface area contributed by atoms with Gasteiger partial charge in [-0.3, -0.25) is 0 Å². The van der Waals surface area contributed by atoms with Crippen molar-refractivity contribution in [3.05, 3.63) is 0 Å². The molecule has 0 aromatic rings. The lowest BCUT2D eigenvalue weighted by atomic mass is 10.1. The van der Waals surface area contributed by atoms with Crippen LogP contribution in [0.2, 0.25) is 0 Å². The zero-order valence-corrected chi connectivity index (χ0v) is 8.75. The summed E-state index contributed by atoms with van der Waals surface area (Å²) in [4.78, 5) is 0. The van der Waals surface area contributed by atoms with Gasteiger partial charge in [0.15, 0.2) is 0 Å². The maximum atomic E-state index is 5.81. The first-order chi connectivity index (χ1) is 6.27. The largest absolute Gasteiger partial charge is 0.377 e. The zero-order valence-electron chi connectivity index (χ0n) is 8.75. The molecule has 1 heterocycles. The van der Waals surface area contributed by atoms with Gasteiger partial charge in [0, 0.05) is 19.2 Å². The standard InChI is InChI=1S/C11H21NO/c1-8(2)11-7-12-10(5-6-13-11)9-3-4-9/h8-12H,3-7H2,1-2H3. The molecule has 2 rings (SSSR count). The van der Waals surface area contributed by atoms with Crippen LogP contribution in [0, 0.1) is 11.8 Å². The van der Waals surface area contributed by atoms with Crippen LogP contribution in [0.15, 0.2) is 0 Å². The molecule has 76 valence electrons. The Labute approximate surface area is 81.0 Å². The molecule has 2 fully saturated rings. The summed E-state index contributed by atoms with van der Waals surface area (Å²) in [6, 6.07) is 0.753. The van der Waals surface area contributed by atoms with Crippen LogP contribution in [0.1, 0.15) is 33.1 Å². The van der Waals surface area contributed by atoms with E-state index >= 15 is 0 Å². The van der Waals surface area contributed by atoms with Gasteiger partial charge in [0.1, 0.15) is 0 Å². The lowest BCUT2D eigenvalue weighted by Crippen LogP contribution is -2.36. The number of hydrogen-bond donors (Lipinski definition) is 1. The summed E-state index contributed by atoms with van der Waals surface area (Å²) in [5.41, 5.74) is 0. The van der Waals surface area contributed by atoms with Crippen molar-refractivity contribution in [1.82, 2.24) is 5.32 Å². The Morgan fingerprint density at radius 3 is 2.62 bits per heavy atom. The third kappa shape index (κ3) is 2.44. The van der Waals surface area contributed by atoms with E-state index < -0.39 is 0 Å². The van der Waals surface area contributed by atoms with Crippen LogP contribution in [-0.2, 0) is 4.74 Å². The maximum Gasteiger partial charge on any atom is 0.0722 e. The normalized spacial score (nSPS) is 36.2. The third-order valence-corrected chi connectivity index (χ3v) is 3.28. The van der Waals surface area contributed by atoms with E-state index in [1.165, 1.54) is 19.3 Å². The van der Waals surface area contributed by atoms with Gasteiger partial charge in [-0.15, -0.1) is 0 Å². The third-order valence-electron chi connectivity index (χ3n) is 3.28. The van der Waals surface area contributed by atoms with Gasteiger partial charge in [-0.25, -0.2) is 0 Å². The molecule has 0 aromatic heterocycles. The minimum absolute atomic E-state index is 0.434. The predicted molar refractivity (Wildman–Crippen MR) is 53.7 cm³/mol. The predicted octanol–water partition coefficient (Wildman–Crippen LogP) is 1.80. The average molecular weight is 183 g/mol. The molecule has 2 nitrogen and oxygen atoms in total. The van der Waals surface area contributed by atoms with Gasteiger partial charge in [-0.2, -0.15) is 0 Å². The van der Waals surface area contributed by atoms with Crippen LogP contribution in [0.3, 0.4) is 0 Å². The quantitative estimate of drug-likeness (QED) is 0.705. The Bertz CT molecular complexity index is 155. The zero-order chi connectivity index (χ0) is 9.26. The van der Waals surface area contributed by atoms with Crippen molar-refractivity contribution in [3.63, 3.8) is 0 Å². The second-order valence-corrected chi connectivity index (χ2v) is 4.79. The molecule has 1 N–H and O–H groups in total. The fourth-order valence-corrected chi connectivity index (χ4v) is 2.10. The highest BCUT2D eigenvalue weighted by molar-refractivity contribution is 4.88. The maximum absolute atomic E-state index is 5.81. The van der Waals surface area contributed by atoms with Gasteiger partial charge in [-0.05, 0) is 31.1 Å². The second-order valence-electron chi connectivity index (χ2n) is 4.79. The van der Waals surface area contributed by atoms with Crippen molar-refractivity contribution < 1.29 is 4.74 Å². The molecule has 1 saturated carbocycles. The molecule has 1 aliphatic heterocycles. The van der Waals surface area contributed by atoms with Crippen LogP contribution in [-0.4, -0.2) is 25.3 Å². The molecule has 2 heteroatoms. The summed E-state index contributed by atoms with van der Waals surface area (Å²) in [6.07, 6.45) is 4.52. The summed E-state index contributed by atoms with van der Waals surface area (Å²) in [7, 11) is 0. The highest BCUT2D eigenvalue weighted by Crippen LogP contribution is 2.34. The van der Waals surface area contributed by atoms with E-state index in [2.05, 4.69) is 19.2 Å². The van der Waals surface area contributed by atoms with Crippen LogP contribution < -0.4 is 5.32 Å². The van der Waals surface area contributed by atoms with E-state index in [4.69, 9.17) is 4.74 Å². The second kappa shape index (κ2) is 3.97. The topological polar surface area (TPSA) is 21.3 Å². The Kier molecular flexibility index (Phi) is 2.89. The van der Waals surface area contributed by atoms with E-state index in [9.17, 15) is 0 Å². The van der Waals surface area contributed by atoms with Gasteiger partial charge < -0.3 is 10.1 Å². The smallest absolute Gasteiger partial charge is 0.0722 e. The van der Waals surface area contributed by atoms with Crippen molar-refractivity contribution >= 4 is 0 Å². The average Bonchev–Trinajstić information content (AvgIpc) is 2.91. The Balaban J connectivity index is 1.82. The van der Waals surface area contributed by atoms with E-state index in [-0.39, 0.29) is 0 Å².